The Morgan fingerprint density at radius 3 is 3.17 bits per heavy atom. The molecule has 1 N–H and O–H groups in total. The normalized spacial score (nSPS) is 22.8. The highest BCUT2D eigenvalue weighted by molar-refractivity contribution is 5.67. The third-order valence-electron chi connectivity index (χ3n) is 3.71. The number of furan rings is 1. The summed E-state index contributed by atoms with van der Waals surface area (Å²) in [5.41, 5.74) is 0. The van der Waals surface area contributed by atoms with Gasteiger partial charge in [0.2, 0.25) is 0 Å². The van der Waals surface area contributed by atoms with Crippen molar-refractivity contribution in [2.75, 3.05) is 13.1 Å². The predicted molar refractivity (Wildman–Crippen MR) is 68.4 cm³/mol. The van der Waals surface area contributed by atoms with Crippen molar-refractivity contribution in [3.63, 3.8) is 0 Å². The van der Waals surface area contributed by atoms with Crippen molar-refractivity contribution in [2.45, 2.75) is 38.6 Å². The Morgan fingerprint density at radius 1 is 1.67 bits per heavy atom. The molecule has 4 heteroatoms. The summed E-state index contributed by atoms with van der Waals surface area (Å²) in [5.74, 6) is 0.624. The monoisotopic (exact) mass is 251 g/mol. The van der Waals surface area contributed by atoms with Crippen LogP contribution in [-0.4, -0.2) is 35.1 Å². The zero-order valence-electron chi connectivity index (χ0n) is 10.8. The number of hydrogen-bond acceptors (Lipinski definition) is 3. The van der Waals surface area contributed by atoms with Gasteiger partial charge in [0.05, 0.1) is 6.26 Å². The Hall–Kier alpha value is -1.29. The smallest absolute Gasteiger partial charge is 0.303 e. The first kappa shape index (κ1) is 13.1. The van der Waals surface area contributed by atoms with Crippen molar-refractivity contribution in [1.29, 1.82) is 0 Å². The number of carboxylic acids is 1. The number of rotatable bonds is 5. The molecule has 100 valence electrons. The molecule has 0 aromatic carbocycles. The number of carboxylic acid groups (broad SMARTS) is 1. The van der Waals surface area contributed by atoms with E-state index in [0.29, 0.717) is 18.4 Å². The second-order valence-electron chi connectivity index (χ2n) is 5.23. The maximum absolute atomic E-state index is 10.8. The molecule has 4 nitrogen and oxygen atoms in total. The van der Waals surface area contributed by atoms with Crippen LogP contribution in [0, 0.1) is 5.92 Å². The number of aliphatic carboxylic acids is 1. The van der Waals surface area contributed by atoms with E-state index in [4.69, 9.17) is 9.52 Å². The van der Waals surface area contributed by atoms with Crippen LogP contribution in [0.4, 0.5) is 0 Å². The fourth-order valence-electron chi connectivity index (χ4n) is 2.76. The van der Waals surface area contributed by atoms with Crippen LogP contribution in [0.2, 0.25) is 0 Å². The third kappa shape index (κ3) is 3.60. The van der Waals surface area contributed by atoms with Gasteiger partial charge in [-0.2, -0.15) is 0 Å². The maximum Gasteiger partial charge on any atom is 0.303 e. The Balaban J connectivity index is 1.85. The average Bonchev–Trinajstić information content (AvgIpc) is 2.81. The second-order valence-corrected chi connectivity index (χ2v) is 5.23. The molecule has 0 bridgehead atoms. The first-order chi connectivity index (χ1) is 8.65. The van der Waals surface area contributed by atoms with E-state index >= 15 is 0 Å². The van der Waals surface area contributed by atoms with Crippen LogP contribution in [0.25, 0.3) is 0 Å². The minimum Gasteiger partial charge on any atom is -0.481 e. The van der Waals surface area contributed by atoms with Gasteiger partial charge >= 0.3 is 5.97 Å². The van der Waals surface area contributed by atoms with Crippen LogP contribution < -0.4 is 0 Å². The highest BCUT2D eigenvalue weighted by Gasteiger charge is 2.25. The number of carbonyl (C=O) groups is 1. The van der Waals surface area contributed by atoms with E-state index in [2.05, 4.69) is 11.8 Å². The summed E-state index contributed by atoms with van der Waals surface area (Å²) < 4.78 is 5.37. The van der Waals surface area contributed by atoms with Gasteiger partial charge in [-0.1, -0.05) is 0 Å². The van der Waals surface area contributed by atoms with Gasteiger partial charge in [0.25, 0.3) is 0 Å². The Kier molecular flexibility index (Phi) is 4.42. The summed E-state index contributed by atoms with van der Waals surface area (Å²) in [7, 11) is 0. The number of likely N-dealkylation sites (tertiary alicyclic amines) is 1. The van der Waals surface area contributed by atoms with Crippen molar-refractivity contribution < 1.29 is 14.3 Å². The van der Waals surface area contributed by atoms with Crippen molar-refractivity contribution in [2.24, 2.45) is 5.92 Å². The summed E-state index contributed by atoms with van der Waals surface area (Å²) in [6, 6.07) is 4.31. The molecule has 1 aromatic rings. The van der Waals surface area contributed by atoms with E-state index < -0.39 is 5.97 Å². The molecule has 0 radical (unpaired) electrons. The van der Waals surface area contributed by atoms with E-state index in [0.717, 1.165) is 38.1 Å². The molecular formula is C14H21NO3. The summed E-state index contributed by atoms with van der Waals surface area (Å²) >= 11 is 0. The van der Waals surface area contributed by atoms with Crippen molar-refractivity contribution in [3.05, 3.63) is 24.2 Å². The Morgan fingerprint density at radius 2 is 2.50 bits per heavy atom. The largest absolute Gasteiger partial charge is 0.481 e. The van der Waals surface area contributed by atoms with Gasteiger partial charge in [-0.05, 0) is 44.4 Å². The summed E-state index contributed by atoms with van der Waals surface area (Å²) in [4.78, 5) is 13.2. The van der Waals surface area contributed by atoms with Gasteiger partial charge in [-0.25, -0.2) is 0 Å². The van der Waals surface area contributed by atoms with Crippen molar-refractivity contribution in [3.8, 4) is 0 Å². The van der Waals surface area contributed by atoms with Gasteiger partial charge < -0.3 is 9.52 Å². The molecule has 1 aliphatic heterocycles. The predicted octanol–water partition coefficient (Wildman–Crippen LogP) is 2.40. The molecule has 0 aliphatic carbocycles. The minimum absolute atomic E-state index is 0.296. The minimum atomic E-state index is -0.680. The topological polar surface area (TPSA) is 53.7 Å². The second kappa shape index (κ2) is 6.05. The molecule has 1 aromatic heterocycles. The molecule has 0 spiro atoms. The van der Waals surface area contributed by atoms with Gasteiger partial charge in [-0.15, -0.1) is 0 Å². The van der Waals surface area contributed by atoms with Crippen LogP contribution in [0.1, 0.15) is 31.9 Å². The highest BCUT2D eigenvalue weighted by atomic mass is 16.4. The fourth-order valence-corrected chi connectivity index (χ4v) is 2.76. The quantitative estimate of drug-likeness (QED) is 0.873. The van der Waals surface area contributed by atoms with Crippen LogP contribution in [-0.2, 0) is 11.2 Å². The average molecular weight is 251 g/mol. The van der Waals surface area contributed by atoms with Gasteiger partial charge in [-0.3, -0.25) is 9.69 Å². The van der Waals surface area contributed by atoms with Gasteiger partial charge in [0.15, 0.2) is 0 Å². The van der Waals surface area contributed by atoms with E-state index in [1.807, 2.05) is 12.1 Å². The van der Waals surface area contributed by atoms with E-state index in [1.54, 1.807) is 6.26 Å². The van der Waals surface area contributed by atoms with Crippen LogP contribution in [0.15, 0.2) is 22.8 Å². The number of nitrogens with zero attached hydrogens (tertiary/aromatic N) is 1. The van der Waals surface area contributed by atoms with Crippen molar-refractivity contribution >= 4 is 5.97 Å². The molecule has 1 fully saturated rings. The fraction of sp³-hybridized carbons (Fsp3) is 0.643. The zero-order chi connectivity index (χ0) is 13.0. The molecule has 0 amide bonds. The standard InChI is InChI=1S/C14H21NO3/c1-11(8-13-5-3-7-18-13)15-6-2-4-12(10-15)9-14(16)17/h3,5,7,11-12H,2,4,6,8-10H2,1H3,(H,16,17). The molecule has 1 aliphatic rings. The first-order valence-electron chi connectivity index (χ1n) is 6.63. The molecule has 2 atom stereocenters. The molecule has 2 unspecified atom stereocenters. The highest BCUT2D eigenvalue weighted by Crippen LogP contribution is 2.22. The summed E-state index contributed by atoms with van der Waals surface area (Å²) in [6.07, 6.45) is 5.03. The molecule has 1 saturated heterocycles. The first-order valence-corrected chi connectivity index (χ1v) is 6.63. The lowest BCUT2D eigenvalue weighted by Gasteiger charge is -2.36. The molecule has 2 rings (SSSR count). The Bertz CT molecular complexity index is 374. The lowest BCUT2D eigenvalue weighted by atomic mass is 9.93. The summed E-state index contributed by atoms with van der Waals surface area (Å²) in [6.45, 7) is 4.15. The van der Waals surface area contributed by atoms with E-state index in [-0.39, 0.29) is 0 Å². The molecule has 18 heavy (non-hydrogen) atoms. The lowest BCUT2D eigenvalue weighted by molar-refractivity contribution is -0.138. The van der Waals surface area contributed by atoms with E-state index in [1.165, 1.54) is 0 Å². The Labute approximate surface area is 108 Å². The lowest BCUT2D eigenvalue weighted by Crippen LogP contribution is -2.42. The third-order valence-corrected chi connectivity index (χ3v) is 3.71. The number of hydrogen-bond donors (Lipinski definition) is 1. The van der Waals surface area contributed by atoms with Crippen LogP contribution in [0.5, 0.6) is 0 Å². The summed E-state index contributed by atoms with van der Waals surface area (Å²) in [5, 5.41) is 8.86. The maximum atomic E-state index is 10.8. The molecule has 0 saturated carbocycles. The van der Waals surface area contributed by atoms with Gasteiger partial charge in [0.1, 0.15) is 5.76 Å². The van der Waals surface area contributed by atoms with Gasteiger partial charge in [0, 0.05) is 25.4 Å². The van der Waals surface area contributed by atoms with E-state index in [9.17, 15) is 4.79 Å². The van der Waals surface area contributed by atoms with Crippen molar-refractivity contribution in [1.82, 2.24) is 4.90 Å². The van der Waals surface area contributed by atoms with Crippen LogP contribution >= 0.6 is 0 Å². The molecular weight excluding hydrogens is 230 g/mol. The molecule has 2 heterocycles. The SMILES string of the molecule is CC(Cc1ccco1)N1CCCC(CC(=O)O)C1. The zero-order valence-corrected chi connectivity index (χ0v) is 10.8. The number of piperidine rings is 1. The van der Waals surface area contributed by atoms with Crippen LogP contribution in [0.3, 0.4) is 0 Å².